The standard InChI is InChI=1S/C28H42N4O9/c1-4-23(33)7-11-40-12-8-29-22-16-20(15-21(17-22)28(39)32-18-26(36)37)27(38)31-10-14-41-13-9-30-25(35)6-5-24(34)19(2)3/h15-17,19,29H,4-14,18H2,1-3H3,(H,30,35)(H,31,38)(H,32,39)(H,36,37). The highest BCUT2D eigenvalue weighted by Gasteiger charge is 2.14. The minimum absolute atomic E-state index is 0.0343. The fourth-order valence-electron chi connectivity index (χ4n) is 3.30. The summed E-state index contributed by atoms with van der Waals surface area (Å²) in [4.78, 5) is 70.7. The second-order valence-corrected chi connectivity index (χ2v) is 9.40. The van der Waals surface area contributed by atoms with Crippen LogP contribution in [0.3, 0.4) is 0 Å². The van der Waals surface area contributed by atoms with Crippen LogP contribution in [0.2, 0.25) is 0 Å². The smallest absolute Gasteiger partial charge is 0.322 e. The molecule has 5 N–H and O–H groups in total. The van der Waals surface area contributed by atoms with E-state index >= 15 is 0 Å². The molecule has 0 heterocycles. The van der Waals surface area contributed by atoms with Gasteiger partial charge >= 0.3 is 5.97 Å². The molecule has 0 radical (unpaired) electrons. The van der Waals surface area contributed by atoms with Crippen LogP contribution in [-0.4, -0.2) is 93.0 Å². The molecule has 3 amide bonds. The molecule has 0 aliphatic carbocycles. The van der Waals surface area contributed by atoms with Gasteiger partial charge in [0.05, 0.1) is 26.4 Å². The Morgan fingerprint density at radius 1 is 0.756 bits per heavy atom. The van der Waals surface area contributed by atoms with Crippen molar-refractivity contribution in [2.75, 3.05) is 57.9 Å². The van der Waals surface area contributed by atoms with Crippen molar-refractivity contribution in [2.45, 2.75) is 46.5 Å². The number of nitrogens with one attached hydrogen (secondary N) is 4. The van der Waals surface area contributed by atoms with Gasteiger partial charge in [0.15, 0.2) is 0 Å². The Labute approximate surface area is 240 Å². The van der Waals surface area contributed by atoms with Gasteiger partial charge in [-0.25, -0.2) is 0 Å². The van der Waals surface area contributed by atoms with Crippen LogP contribution in [-0.2, 0) is 28.7 Å². The van der Waals surface area contributed by atoms with E-state index in [1.165, 1.54) is 12.1 Å². The molecule has 0 bridgehead atoms. The van der Waals surface area contributed by atoms with Crippen LogP contribution < -0.4 is 21.3 Å². The molecule has 1 aromatic carbocycles. The predicted octanol–water partition coefficient (Wildman–Crippen LogP) is 1.17. The molecule has 0 aromatic heterocycles. The maximum atomic E-state index is 12.7. The summed E-state index contributed by atoms with van der Waals surface area (Å²) >= 11 is 0. The topological polar surface area (TPSA) is 189 Å². The van der Waals surface area contributed by atoms with Crippen LogP contribution in [0.4, 0.5) is 5.69 Å². The van der Waals surface area contributed by atoms with E-state index in [1.54, 1.807) is 26.8 Å². The van der Waals surface area contributed by atoms with Gasteiger partial charge in [0.2, 0.25) is 5.91 Å². The lowest BCUT2D eigenvalue weighted by molar-refractivity contribution is -0.135. The van der Waals surface area contributed by atoms with Gasteiger partial charge in [0.1, 0.15) is 18.1 Å². The van der Waals surface area contributed by atoms with E-state index in [9.17, 15) is 28.8 Å². The average molecular weight is 579 g/mol. The molecule has 0 unspecified atom stereocenters. The highest BCUT2D eigenvalue weighted by atomic mass is 16.5. The lowest BCUT2D eigenvalue weighted by Crippen LogP contribution is -2.31. The molecule has 0 fully saturated rings. The van der Waals surface area contributed by atoms with Crippen molar-refractivity contribution in [1.29, 1.82) is 0 Å². The number of hydrogen-bond acceptors (Lipinski definition) is 9. The number of carboxylic acid groups (broad SMARTS) is 1. The summed E-state index contributed by atoms with van der Waals surface area (Å²) in [7, 11) is 0. The van der Waals surface area contributed by atoms with Gasteiger partial charge in [-0.15, -0.1) is 0 Å². The molecule has 0 saturated carbocycles. The Morgan fingerprint density at radius 2 is 1.34 bits per heavy atom. The highest BCUT2D eigenvalue weighted by Crippen LogP contribution is 2.15. The number of aliphatic carboxylic acids is 1. The summed E-state index contributed by atoms with van der Waals surface area (Å²) in [5, 5.41) is 19.5. The summed E-state index contributed by atoms with van der Waals surface area (Å²) in [6, 6.07) is 4.39. The fraction of sp³-hybridized carbons (Fsp3) is 0.571. The molecular weight excluding hydrogens is 536 g/mol. The summed E-state index contributed by atoms with van der Waals surface area (Å²) in [6.45, 7) is 6.56. The molecule has 1 rings (SSSR count). The molecule has 0 spiro atoms. The van der Waals surface area contributed by atoms with Crippen molar-refractivity contribution in [3.8, 4) is 0 Å². The number of benzene rings is 1. The fourth-order valence-corrected chi connectivity index (χ4v) is 3.30. The normalized spacial score (nSPS) is 10.6. The molecule has 0 aliphatic rings. The lowest BCUT2D eigenvalue weighted by atomic mass is 10.0. The number of carbonyl (C=O) groups is 6. The zero-order valence-corrected chi connectivity index (χ0v) is 24.0. The van der Waals surface area contributed by atoms with E-state index in [0.29, 0.717) is 38.3 Å². The molecule has 1 aromatic rings. The van der Waals surface area contributed by atoms with E-state index in [2.05, 4.69) is 21.3 Å². The van der Waals surface area contributed by atoms with Gasteiger partial charge < -0.3 is 35.8 Å². The summed E-state index contributed by atoms with van der Waals surface area (Å²) in [6.07, 6.45) is 1.12. The molecular formula is C28H42N4O9. The van der Waals surface area contributed by atoms with Gasteiger partial charge in [-0.2, -0.15) is 0 Å². The van der Waals surface area contributed by atoms with E-state index in [4.69, 9.17) is 14.6 Å². The predicted molar refractivity (Wildman–Crippen MR) is 151 cm³/mol. The Hall–Kier alpha value is -3.84. The van der Waals surface area contributed by atoms with Crippen LogP contribution >= 0.6 is 0 Å². The summed E-state index contributed by atoms with van der Waals surface area (Å²) < 4.78 is 10.8. The minimum atomic E-state index is -1.20. The lowest BCUT2D eigenvalue weighted by Gasteiger charge is -2.13. The van der Waals surface area contributed by atoms with Crippen LogP contribution in [0.25, 0.3) is 0 Å². The molecule has 13 nitrogen and oxygen atoms in total. The third-order valence-electron chi connectivity index (χ3n) is 5.70. The van der Waals surface area contributed by atoms with Crippen LogP contribution in [0.1, 0.15) is 67.2 Å². The Morgan fingerprint density at radius 3 is 1.95 bits per heavy atom. The third kappa shape index (κ3) is 16.1. The summed E-state index contributed by atoms with van der Waals surface area (Å²) in [5.74, 6) is -2.52. The molecule has 41 heavy (non-hydrogen) atoms. The van der Waals surface area contributed by atoms with E-state index in [1.807, 2.05) is 0 Å². The molecule has 13 heteroatoms. The molecule has 0 atom stereocenters. The zero-order valence-electron chi connectivity index (χ0n) is 24.0. The Bertz CT molecular complexity index is 1040. The van der Waals surface area contributed by atoms with E-state index in [-0.39, 0.29) is 73.7 Å². The largest absolute Gasteiger partial charge is 0.480 e. The van der Waals surface area contributed by atoms with E-state index in [0.717, 1.165) is 0 Å². The SMILES string of the molecule is CCC(=O)CCOCCNc1cc(C(=O)NCCOCCNC(=O)CCC(=O)C(C)C)cc(C(=O)NCC(=O)O)c1. The summed E-state index contributed by atoms with van der Waals surface area (Å²) in [5.41, 5.74) is 0.722. The molecule has 228 valence electrons. The van der Waals surface area contributed by atoms with Crippen molar-refractivity contribution in [1.82, 2.24) is 16.0 Å². The first-order valence-electron chi connectivity index (χ1n) is 13.7. The maximum Gasteiger partial charge on any atom is 0.322 e. The van der Waals surface area contributed by atoms with Crippen LogP contribution in [0, 0.1) is 5.92 Å². The number of Topliss-reactive ketones (excluding diaryl/α,β-unsaturated/α-hetero) is 2. The van der Waals surface area contributed by atoms with Crippen LogP contribution in [0.15, 0.2) is 18.2 Å². The Kier molecular flexibility index (Phi) is 17.2. The number of hydrogen-bond donors (Lipinski definition) is 5. The molecule has 0 saturated heterocycles. The van der Waals surface area contributed by atoms with Gasteiger partial charge in [-0.3, -0.25) is 28.8 Å². The first kappa shape index (κ1) is 35.2. The van der Waals surface area contributed by atoms with E-state index < -0.39 is 24.3 Å². The van der Waals surface area contributed by atoms with Crippen molar-refractivity contribution < 1.29 is 43.3 Å². The number of carboxylic acids is 1. The second kappa shape index (κ2) is 20.1. The number of carbonyl (C=O) groups excluding carboxylic acids is 5. The van der Waals surface area contributed by atoms with Gasteiger partial charge in [0, 0.05) is 68.0 Å². The average Bonchev–Trinajstić information content (AvgIpc) is 2.95. The first-order chi connectivity index (χ1) is 19.5. The first-order valence-corrected chi connectivity index (χ1v) is 13.7. The second-order valence-electron chi connectivity index (χ2n) is 9.40. The van der Waals surface area contributed by atoms with Crippen molar-refractivity contribution in [3.05, 3.63) is 29.3 Å². The third-order valence-corrected chi connectivity index (χ3v) is 5.70. The van der Waals surface area contributed by atoms with Crippen LogP contribution in [0.5, 0.6) is 0 Å². The van der Waals surface area contributed by atoms with Crippen molar-refractivity contribution >= 4 is 40.9 Å². The van der Waals surface area contributed by atoms with Gasteiger partial charge in [0.25, 0.3) is 11.8 Å². The van der Waals surface area contributed by atoms with Gasteiger partial charge in [-0.1, -0.05) is 20.8 Å². The number of amides is 3. The highest BCUT2D eigenvalue weighted by molar-refractivity contribution is 6.01. The quantitative estimate of drug-likeness (QED) is 0.125. The minimum Gasteiger partial charge on any atom is -0.480 e. The zero-order chi connectivity index (χ0) is 30.6. The van der Waals surface area contributed by atoms with Gasteiger partial charge in [-0.05, 0) is 18.2 Å². The Balaban J connectivity index is 2.55. The number of rotatable bonds is 22. The molecule has 0 aliphatic heterocycles. The number of ketones is 2. The maximum absolute atomic E-state index is 12.7. The number of anilines is 1. The monoisotopic (exact) mass is 578 g/mol. The van der Waals surface area contributed by atoms with Crippen molar-refractivity contribution in [2.24, 2.45) is 5.92 Å². The number of ether oxygens (including phenoxy) is 2. The van der Waals surface area contributed by atoms with Crippen molar-refractivity contribution in [3.63, 3.8) is 0 Å².